The van der Waals surface area contributed by atoms with Gasteiger partial charge in [-0.15, -0.1) is 0 Å². The van der Waals surface area contributed by atoms with E-state index in [2.05, 4.69) is 43.5 Å². The molecule has 0 spiro atoms. The Bertz CT molecular complexity index is 368. The number of hydrogen-bond donors (Lipinski definition) is 0. The molecular weight excluding hydrogens is 176 g/mol. The predicted octanol–water partition coefficient (Wildman–Crippen LogP) is 2.86. The number of fused-ring (bicyclic) bond motifs is 1. The van der Waals surface area contributed by atoms with Crippen LogP contribution in [0.1, 0.15) is 11.1 Å². The van der Waals surface area contributed by atoms with Gasteiger partial charge in [0.05, 0.1) is 6.26 Å². The highest BCUT2D eigenvalue weighted by Gasteiger charge is 2.23. The number of benzene rings is 1. The Morgan fingerprint density at radius 3 is 2.85 bits per heavy atom. The van der Waals surface area contributed by atoms with Crippen LogP contribution in [-0.2, 0) is 4.43 Å². The minimum absolute atomic E-state index is 0.851. The van der Waals surface area contributed by atoms with Crippen molar-refractivity contribution < 1.29 is 4.43 Å². The standard InChI is InChI=1S/C11H11OSi/c1-3-12-13(2)11-8-9-6-4-5-7-10(9)11/h3-8H,1H2,2H3. The summed E-state index contributed by atoms with van der Waals surface area (Å²) in [7, 11) is -0.851. The van der Waals surface area contributed by atoms with Gasteiger partial charge in [0.25, 0.3) is 0 Å². The topological polar surface area (TPSA) is 9.23 Å². The number of rotatable bonds is 3. The first-order valence-electron chi connectivity index (χ1n) is 4.25. The van der Waals surface area contributed by atoms with Gasteiger partial charge in [0.1, 0.15) is 0 Å². The SMILES string of the molecule is C=CO[Si](C)C1=Cc2ccccc21. The van der Waals surface area contributed by atoms with E-state index in [0.717, 1.165) is 0 Å². The fourth-order valence-corrected chi connectivity index (χ4v) is 2.85. The van der Waals surface area contributed by atoms with Crippen LogP contribution in [0.25, 0.3) is 11.3 Å². The van der Waals surface area contributed by atoms with Gasteiger partial charge in [0.15, 0.2) is 0 Å². The summed E-state index contributed by atoms with van der Waals surface area (Å²) in [5.41, 5.74) is 2.68. The molecule has 65 valence electrons. The Balaban J connectivity index is 2.19. The first kappa shape index (κ1) is 8.32. The van der Waals surface area contributed by atoms with Crippen molar-refractivity contribution in [2.45, 2.75) is 6.55 Å². The molecule has 2 rings (SSSR count). The minimum atomic E-state index is -0.851. The second-order valence-electron chi connectivity index (χ2n) is 2.99. The molecule has 0 fully saturated rings. The van der Waals surface area contributed by atoms with Gasteiger partial charge in [-0.1, -0.05) is 36.9 Å². The largest absolute Gasteiger partial charge is 0.544 e. The highest BCUT2D eigenvalue weighted by atomic mass is 28.3. The predicted molar refractivity (Wildman–Crippen MR) is 57.2 cm³/mol. The summed E-state index contributed by atoms with van der Waals surface area (Å²) in [5, 5.41) is 1.36. The molecule has 0 saturated carbocycles. The van der Waals surface area contributed by atoms with E-state index in [9.17, 15) is 0 Å². The van der Waals surface area contributed by atoms with Crippen molar-refractivity contribution in [2.24, 2.45) is 0 Å². The van der Waals surface area contributed by atoms with Crippen LogP contribution in [-0.4, -0.2) is 9.04 Å². The lowest BCUT2D eigenvalue weighted by Crippen LogP contribution is -2.17. The molecule has 13 heavy (non-hydrogen) atoms. The molecule has 0 saturated heterocycles. The van der Waals surface area contributed by atoms with Gasteiger partial charge in [0, 0.05) is 0 Å². The molecule has 0 bridgehead atoms. The lowest BCUT2D eigenvalue weighted by molar-refractivity contribution is 0.509. The Morgan fingerprint density at radius 1 is 1.38 bits per heavy atom. The maximum absolute atomic E-state index is 5.40. The summed E-state index contributed by atoms with van der Waals surface area (Å²) >= 11 is 0. The molecule has 0 N–H and O–H groups in total. The van der Waals surface area contributed by atoms with Crippen molar-refractivity contribution in [3.8, 4) is 0 Å². The maximum atomic E-state index is 5.40. The third-order valence-electron chi connectivity index (χ3n) is 2.19. The van der Waals surface area contributed by atoms with Crippen molar-refractivity contribution >= 4 is 20.3 Å². The third-order valence-corrected chi connectivity index (χ3v) is 3.88. The van der Waals surface area contributed by atoms with Crippen LogP contribution in [0, 0.1) is 0 Å². The highest BCUT2D eigenvalue weighted by molar-refractivity contribution is 6.75. The first-order valence-corrected chi connectivity index (χ1v) is 6.16. The highest BCUT2D eigenvalue weighted by Crippen LogP contribution is 2.33. The molecule has 1 aliphatic carbocycles. The van der Waals surface area contributed by atoms with Gasteiger partial charge in [-0.3, -0.25) is 0 Å². The Morgan fingerprint density at radius 2 is 2.15 bits per heavy atom. The zero-order valence-electron chi connectivity index (χ0n) is 7.58. The van der Waals surface area contributed by atoms with E-state index >= 15 is 0 Å². The van der Waals surface area contributed by atoms with Crippen LogP contribution in [0.15, 0.2) is 37.1 Å². The fraction of sp³-hybridized carbons (Fsp3) is 0.0909. The van der Waals surface area contributed by atoms with Crippen LogP contribution in [0.2, 0.25) is 6.55 Å². The Kier molecular flexibility index (Phi) is 2.06. The average Bonchev–Trinajstić information content (AvgIpc) is 2.07. The quantitative estimate of drug-likeness (QED) is 0.522. The van der Waals surface area contributed by atoms with Gasteiger partial charge in [-0.25, -0.2) is 0 Å². The van der Waals surface area contributed by atoms with E-state index in [1.807, 2.05) is 0 Å². The Labute approximate surface area is 80.1 Å². The van der Waals surface area contributed by atoms with E-state index < -0.39 is 9.04 Å². The van der Waals surface area contributed by atoms with Crippen LogP contribution in [0.3, 0.4) is 0 Å². The van der Waals surface area contributed by atoms with Crippen LogP contribution >= 0.6 is 0 Å². The van der Waals surface area contributed by atoms with E-state index in [-0.39, 0.29) is 0 Å². The summed E-state index contributed by atoms with van der Waals surface area (Å²) < 4.78 is 5.40. The van der Waals surface area contributed by atoms with Crippen LogP contribution in [0.5, 0.6) is 0 Å². The van der Waals surface area contributed by atoms with Gasteiger partial charge < -0.3 is 4.43 Å². The molecule has 0 amide bonds. The van der Waals surface area contributed by atoms with Crippen molar-refractivity contribution in [1.82, 2.24) is 0 Å². The molecule has 2 heteroatoms. The molecular formula is C11H11OSi. The molecule has 1 radical (unpaired) electrons. The summed E-state index contributed by atoms with van der Waals surface area (Å²) in [4.78, 5) is 0. The van der Waals surface area contributed by atoms with Crippen molar-refractivity contribution in [1.29, 1.82) is 0 Å². The normalized spacial score (nSPS) is 12.9. The molecule has 0 atom stereocenters. The van der Waals surface area contributed by atoms with E-state index in [4.69, 9.17) is 4.43 Å². The van der Waals surface area contributed by atoms with E-state index in [0.29, 0.717) is 0 Å². The first-order chi connectivity index (χ1) is 6.33. The molecule has 0 heterocycles. The van der Waals surface area contributed by atoms with E-state index in [1.54, 1.807) is 0 Å². The molecule has 1 aromatic carbocycles. The zero-order valence-corrected chi connectivity index (χ0v) is 8.58. The van der Waals surface area contributed by atoms with Gasteiger partial charge in [-0.2, -0.15) is 0 Å². The second-order valence-corrected chi connectivity index (χ2v) is 4.87. The van der Waals surface area contributed by atoms with Crippen molar-refractivity contribution in [3.63, 3.8) is 0 Å². The van der Waals surface area contributed by atoms with E-state index in [1.165, 1.54) is 22.6 Å². The van der Waals surface area contributed by atoms with Gasteiger partial charge >= 0.3 is 9.04 Å². The van der Waals surface area contributed by atoms with Crippen LogP contribution in [0.4, 0.5) is 0 Å². The molecule has 0 unspecified atom stereocenters. The summed E-state index contributed by atoms with van der Waals surface area (Å²) in [5.74, 6) is 0. The molecule has 0 aliphatic heterocycles. The zero-order chi connectivity index (χ0) is 9.26. The Hall–Kier alpha value is -1.28. The summed E-state index contributed by atoms with van der Waals surface area (Å²) in [6, 6.07) is 8.39. The lowest BCUT2D eigenvalue weighted by Gasteiger charge is -2.22. The molecule has 1 aromatic rings. The number of hydrogen-bond acceptors (Lipinski definition) is 1. The second kappa shape index (κ2) is 3.22. The van der Waals surface area contributed by atoms with Crippen molar-refractivity contribution in [3.05, 3.63) is 48.2 Å². The smallest absolute Gasteiger partial charge is 0.313 e. The van der Waals surface area contributed by atoms with Gasteiger partial charge in [-0.05, 0) is 22.9 Å². The molecule has 0 aromatic heterocycles. The van der Waals surface area contributed by atoms with Crippen LogP contribution < -0.4 is 0 Å². The monoisotopic (exact) mass is 187 g/mol. The fourth-order valence-electron chi connectivity index (χ4n) is 1.50. The molecule has 1 aliphatic rings. The van der Waals surface area contributed by atoms with Gasteiger partial charge in [0.2, 0.25) is 0 Å². The van der Waals surface area contributed by atoms with Crippen molar-refractivity contribution in [2.75, 3.05) is 0 Å². The third kappa shape index (κ3) is 1.33. The maximum Gasteiger partial charge on any atom is 0.313 e. The molecule has 1 nitrogen and oxygen atoms in total. The lowest BCUT2D eigenvalue weighted by atomic mass is 9.98. The average molecular weight is 187 g/mol. The summed E-state index contributed by atoms with van der Waals surface area (Å²) in [6.07, 6.45) is 3.74. The summed E-state index contributed by atoms with van der Waals surface area (Å²) in [6.45, 7) is 5.71. The minimum Gasteiger partial charge on any atom is -0.544 e.